The quantitative estimate of drug-likeness (QED) is 0.596. The average molecular weight is 350 g/mol. The maximum absolute atomic E-state index is 15.1. The molecule has 132 valence electrons. The second-order valence-electron chi connectivity index (χ2n) is 5.97. The van der Waals surface area contributed by atoms with Gasteiger partial charge in [0.05, 0.1) is 17.6 Å². The first kappa shape index (κ1) is 15.9. The second kappa shape index (κ2) is 5.44. The summed E-state index contributed by atoms with van der Waals surface area (Å²) in [6.07, 6.45) is 0.0823. The van der Waals surface area contributed by atoms with Gasteiger partial charge in [-0.3, -0.25) is 0 Å². The highest BCUT2D eigenvalue weighted by molar-refractivity contribution is 5.99. The Morgan fingerprint density at radius 1 is 1.40 bits per heavy atom. The van der Waals surface area contributed by atoms with E-state index in [1.807, 2.05) is 0 Å². The van der Waals surface area contributed by atoms with Crippen LogP contribution in [0.3, 0.4) is 0 Å². The van der Waals surface area contributed by atoms with Crippen LogP contribution in [0.25, 0.3) is 22.4 Å². The van der Waals surface area contributed by atoms with Gasteiger partial charge in [-0.15, -0.1) is 0 Å². The van der Waals surface area contributed by atoms with Gasteiger partial charge >= 0.3 is 0 Å². The highest BCUT2D eigenvalue weighted by atomic mass is 19.1. The molecule has 10 nitrogen and oxygen atoms in total. The fourth-order valence-corrected chi connectivity index (χ4v) is 3.11. The average Bonchev–Trinajstić information content (AvgIpc) is 3.27. The Bertz CT molecular complexity index is 912. The molecule has 0 amide bonds. The molecule has 0 bridgehead atoms. The van der Waals surface area contributed by atoms with Gasteiger partial charge in [0.2, 0.25) is 12.2 Å². The van der Waals surface area contributed by atoms with Crippen LogP contribution in [0.5, 0.6) is 0 Å². The van der Waals surface area contributed by atoms with Gasteiger partial charge < -0.3 is 29.8 Å². The first-order valence-corrected chi connectivity index (χ1v) is 7.46. The molecule has 3 aromatic rings. The molecule has 4 atom stereocenters. The van der Waals surface area contributed by atoms with Gasteiger partial charge in [-0.1, -0.05) is 5.16 Å². The topological polar surface area (TPSA) is 145 Å². The number of nitrogen functional groups attached to an aromatic ring is 1. The van der Waals surface area contributed by atoms with Crippen molar-refractivity contribution in [1.29, 1.82) is 0 Å². The number of anilines is 1. The van der Waals surface area contributed by atoms with Crippen molar-refractivity contribution in [3.63, 3.8) is 0 Å². The van der Waals surface area contributed by atoms with E-state index in [2.05, 4.69) is 20.1 Å². The Morgan fingerprint density at radius 3 is 2.84 bits per heavy atom. The zero-order chi connectivity index (χ0) is 17.8. The molecule has 4 N–H and O–H groups in total. The lowest BCUT2D eigenvalue weighted by Gasteiger charge is -2.25. The molecule has 4 heterocycles. The Labute approximate surface area is 140 Å². The summed E-state index contributed by atoms with van der Waals surface area (Å²) in [5.41, 5.74) is 4.49. The zero-order valence-electron chi connectivity index (χ0n) is 13.1. The Balaban J connectivity index is 1.93. The molecule has 1 aliphatic heterocycles. The highest BCUT2D eigenvalue weighted by Crippen LogP contribution is 2.44. The Kier molecular flexibility index (Phi) is 3.45. The third kappa shape index (κ3) is 2.20. The lowest BCUT2D eigenvalue weighted by atomic mass is 9.98. The van der Waals surface area contributed by atoms with Crippen LogP contribution >= 0.6 is 0 Å². The smallest absolute Gasteiger partial charge is 0.214 e. The van der Waals surface area contributed by atoms with Crippen molar-refractivity contribution in [1.82, 2.24) is 24.7 Å². The SMILES string of the molecule is C[C@]1(F)C(n2cc(-c3ncon3)c3c(N)ncnc32)OC(CO)[C@H]1O. The molecule has 0 aliphatic carbocycles. The largest absolute Gasteiger partial charge is 0.394 e. The molecule has 1 saturated heterocycles. The number of hydrogen-bond donors (Lipinski definition) is 3. The third-order valence-corrected chi connectivity index (χ3v) is 4.39. The number of halogens is 1. The molecule has 1 fully saturated rings. The number of nitrogens with zero attached hydrogens (tertiary/aromatic N) is 5. The molecule has 4 rings (SSSR count). The summed E-state index contributed by atoms with van der Waals surface area (Å²) in [7, 11) is 0. The van der Waals surface area contributed by atoms with Crippen LogP contribution in [-0.2, 0) is 4.74 Å². The van der Waals surface area contributed by atoms with Crippen LogP contribution < -0.4 is 5.73 Å². The van der Waals surface area contributed by atoms with E-state index in [1.54, 1.807) is 0 Å². The summed E-state index contributed by atoms with van der Waals surface area (Å²) >= 11 is 0. The van der Waals surface area contributed by atoms with Crippen molar-refractivity contribution in [3.8, 4) is 11.4 Å². The van der Waals surface area contributed by atoms with Gasteiger partial charge in [0.15, 0.2) is 11.9 Å². The van der Waals surface area contributed by atoms with Crippen molar-refractivity contribution in [2.24, 2.45) is 0 Å². The zero-order valence-corrected chi connectivity index (χ0v) is 13.1. The minimum absolute atomic E-state index is 0.154. The molecule has 0 radical (unpaired) electrons. The van der Waals surface area contributed by atoms with E-state index in [0.717, 1.165) is 6.39 Å². The normalized spacial score (nSPS) is 29.5. The maximum Gasteiger partial charge on any atom is 0.214 e. The van der Waals surface area contributed by atoms with Gasteiger partial charge in [-0.2, -0.15) is 4.98 Å². The monoisotopic (exact) mass is 350 g/mol. The molecule has 11 heteroatoms. The standard InChI is InChI=1S/C14H15FN6O4/c1-14(15)9(23)7(3-22)25-13(14)21-2-6(11-19-5-24-20-11)8-10(16)17-4-18-12(8)21/h2,4-5,7,9,13,22-23H,3H2,1H3,(H2,16,17,18)/t7?,9-,13?,14-/m1/s1. The predicted octanol–water partition coefficient (Wildman–Crippen LogP) is 0.0423. The molecular weight excluding hydrogens is 335 g/mol. The number of ether oxygens (including phenoxy) is 1. The van der Waals surface area contributed by atoms with Crippen molar-refractivity contribution in [2.75, 3.05) is 12.3 Å². The summed E-state index contributed by atoms with van der Waals surface area (Å²) in [4.78, 5) is 12.1. The van der Waals surface area contributed by atoms with E-state index in [9.17, 15) is 10.2 Å². The summed E-state index contributed by atoms with van der Waals surface area (Å²) in [5.74, 6) is 0.379. The number of nitrogens with two attached hydrogens (primary N) is 1. The summed E-state index contributed by atoms with van der Waals surface area (Å²) in [6, 6.07) is 0. The van der Waals surface area contributed by atoms with E-state index >= 15 is 4.39 Å². The molecule has 0 spiro atoms. The van der Waals surface area contributed by atoms with Gasteiger partial charge in [-0.25, -0.2) is 14.4 Å². The first-order valence-electron chi connectivity index (χ1n) is 7.46. The second-order valence-corrected chi connectivity index (χ2v) is 5.97. The molecule has 2 unspecified atom stereocenters. The number of aliphatic hydroxyl groups is 2. The Hall–Kier alpha value is -2.63. The number of aromatic nitrogens is 5. The van der Waals surface area contributed by atoms with Gasteiger partial charge in [0, 0.05) is 6.20 Å². The number of rotatable bonds is 3. The minimum atomic E-state index is -2.17. The van der Waals surface area contributed by atoms with Crippen LogP contribution in [0, 0.1) is 0 Å². The molecule has 0 saturated carbocycles. The van der Waals surface area contributed by atoms with Crippen LogP contribution in [0.2, 0.25) is 0 Å². The van der Waals surface area contributed by atoms with Gasteiger partial charge in [-0.05, 0) is 6.92 Å². The summed E-state index contributed by atoms with van der Waals surface area (Å²) in [5, 5.41) is 23.6. The number of fused-ring (bicyclic) bond motifs is 1. The third-order valence-electron chi connectivity index (χ3n) is 4.39. The highest BCUT2D eigenvalue weighted by Gasteiger charge is 2.55. The van der Waals surface area contributed by atoms with Crippen LogP contribution in [0.15, 0.2) is 23.4 Å². The summed E-state index contributed by atoms with van der Waals surface area (Å²) in [6.45, 7) is 0.674. The van der Waals surface area contributed by atoms with E-state index in [1.165, 1.54) is 24.0 Å². The summed E-state index contributed by atoms with van der Waals surface area (Å²) < 4.78 is 26.8. The lowest BCUT2D eigenvalue weighted by molar-refractivity contribution is -0.0563. The van der Waals surface area contributed by atoms with Crippen molar-refractivity contribution in [2.45, 2.75) is 31.0 Å². The van der Waals surface area contributed by atoms with Crippen molar-refractivity contribution in [3.05, 3.63) is 18.9 Å². The minimum Gasteiger partial charge on any atom is -0.394 e. The number of aliphatic hydroxyl groups excluding tert-OH is 2. The van der Waals surface area contributed by atoms with Crippen LogP contribution in [0.1, 0.15) is 13.2 Å². The van der Waals surface area contributed by atoms with E-state index in [0.29, 0.717) is 10.9 Å². The fraction of sp³-hybridized carbons (Fsp3) is 0.429. The van der Waals surface area contributed by atoms with E-state index in [-0.39, 0.29) is 17.3 Å². The van der Waals surface area contributed by atoms with Gasteiger partial charge in [0.25, 0.3) is 0 Å². The van der Waals surface area contributed by atoms with E-state index < -0.39 is 30.7 Å². The van der Waals surface area contributed by atoms with Crippen molar-refractivity contribution < 1.29 is 23.9 Å². The molecule has 1 aliphatic rings. The lowest BCUT2D eigenvalue weighted by Crippen LogP contribution is -2.40. The van der Waals surface area contributed by atoms with Gasteiger partial charge in [0.1, 0.15) is 30.0 Å². The molecular formula is C14H15FN6O4. The molecule has 0 aromatic carbocycles. The number of hydrogen-bond acceptors (Lipinski definition) is 9. The number of alkyl halides is 1. The Morgan fingerprint density at radius 2 is 2.20 bits per heavy atom. The fourth-order valence-electron chi connectivity index (χ4n) is 3.11. The van der Waals surface area contributed by atoms with E-state index in [4.69, 9.17) is 15.0 Å². The first-order chi connectivity index (χ1) is 11.9. The maximum atomic E-state index is 15.1. The molecule has 25 heavy (non-hydrogen) atoms. The van der Waals surface area contributed by atoms with Crippen LogP contribution in [-0.4, -0.2) is 59.4 Å². The molecule has 3 aromatic heterocycles. The van der Waals surface area contributed by atoms with Crippen LogP contribution in [0.4, 0.5) is 10.2 Å². The van der Waals surface area contributed by atoms with Crippen molar-refractivity contribution >= 4 is 16.9 Å². The predicted molar refractivity (Wildman–Crippen MR) is 81.7 cm³/mol.